The number of hydrogen-bond acceptors (Lipinski definition) is 1. The molecule has 0 heterocycles. The summed E-state index contributed by atoms with van der Waals surface area (Å²) in [6.07, 6.45) is 0. The van der Waals surface area contributed by atoms with Gasteiger partial charge in [0.15, 0.2) is 9.75 Å². The molecule has 0 rings (SSSR count). The van der Waals surface area contributed by atoms with Crippen molar-refractivity contribution in [3.05, 3.63) is 0 Å². The second kappa shape index (κ2) is 1.85. The highest BCUT2D eigenvalue weighted by Gasteiger charge is 2.32. The minimum atomic E-state index is -1.71. The zero-order valence-corrected chi connectivity index (χ0v) is 7.41. The Labute approximate surface area is 54.4 Å². The molecule has 0 atom stereocenters. The molecule has 0 radical (unpaired) electrons. The van der Waals surface area contributed by atoms with E-state index in [1.54, 1.807) is 0 Å². The van der Waals surface area contributed by atoms with Gasteiger partial charge in [0.2, 0.25) is 0 Å². The van der Waals surface area contributed by atoms with Crippen LogP contribution < -0.4 is 0 Å². The average Bonchev–Trinajstić information content (AvgIpc) is 1.64. The van der Waals surface area contributed by atoms with Gasteiger partial charge in [-0.2, -0.15) is 0 Å². The molecule has 0 amide bonds. The van der Waals surface area contributed by atoms with E-state index in [0.29, 0.717) is 0 Å². The Bertz CT molecular complexity index is 95.7. The van der Waals surface area contributed by atoms with Gasteiger partial charge in [-0.25, -0.2) is 0 Å². The molecule has 0 unspecified atom stereocenters. The van der Waals surface area contributed by atoms with Gasteiger partial charge in [0, 0.05) is 0 Å². The van der Waals surface area contributed by atoms with Crippen LogP contribution in [-0.4, -0.2) is 14.5 Å². The second-order valence-electron chi connectivity index (χ2n) is 3.76. The van der Waals surface area contributed by atoms with Crippen molar-refractivity contribution in [2.45, 2.75) is 38.9 Å². The molecule has 1 N–H and O–H groups in total. The highest BCUT2D eigenvalue weighted by molar-refractivity contribution is 6.72. The maximum Gasteiger partial charge on any atom is 0.193 e. The third kappa shape index (κ3) is 1.97. The lowest BCUT2D eigenvalue weighted by molar-refractivity contribution is 0.487. The maximum absolute atomic E-state index is 6.82. The molecule has 0 bridgehead atoms. The van der Waals surface area contributed by atoms with Gasteiger partial charge in [-0.3, -0.25) is 0 Å². The summed E-state index contributed by atoms with van der Waals surface area (Å²) in [5.41, 5.74) is 0. The van der Waals surface area contributed by atoms with Gasteiger partial charge in [-0.15, -0.1) is 0 Å². The van der Waals surface area contributed by atoms with E-state index < -0.39 is 8.32 Å². The molecule has 0 aliphatic carbocycles. The predicted octanol–water partition coefficient (Wildman–Crippen LogP) is 1.98. The van der Waals surface area contributed by atoms with Crippen LogP contribution in [0.4, 0.5) is 0 Å². The molecule has 0 fully saturated rings. The third-order valence-electron chi connectivity index (χ3n) is 1.81. The Morgan fingerprint density at radius 1 is 1.38 bits per heavy atom. The summed E-state index contributed by atoms with van der Waals surface area (Å²) in [7, 11) is -1.71. The van der Waals surface area contributed by atoms with E-state index in [9.17, 15) is 0 Å². The van der Waals surface area contributed by atoms with Gasteiger partial charge < -0.3 is 4.80 Å². The normalized spacial score (nSPS) is 15.9. The number of rotatable bonds is 1. The Morgan fingerprint density at radius 3 is 1.75 bits per heavy atom. The van der Waals surface area contributed by atoms with Crippen molar-refractivity contribution in [1.29, 1.82) is 1.43 Å². The van der Waals surface area contributed by atoms with Gasteiger partial charge in [-0.1, -0.05) is 20.8 Å². The lowest BCUT2D eigenvalue weighted by Crippen LogP contribution is -2.36. The van der Waals surface area contributed by atoms with Crippen LogP contribution in [0.3, 0.4) is 0 Å². The van der Waals surface area contributed by atoms with E-state index >= 15 is 0 Å². The van der Waals surface area contributed by atoms with Crippen molar-refractivity contribution in [3.8, 4) is 0 Å². The fourth-order valence-electron chi connectivity index (χ4n) is 0. The monoisotopic (exact) mass is 133 g/mol. The summed E-state index contributed by atoms with van der Waals surface area (Å²) in [6, 6.07) is 0. The van der Waals surface area contributed by atoms with E-state index in [4.69, 9.17) is 6.23 Å². The van der Waals surface area contributed by atoms with Crippen LogP contribution in [0.2, 0.25) is 18.1 Å². The summed E-state index contributed by atoms with van der Waals surface area (Å²) in [5, 5.41) is 0.175. The molecule has 0 aromatic carbocycles. The van der Waals surface area contributed by atoms with E-state index in [1.807, 2.05) is 0 Å². The van der Waals surface area contributed by atoms with Crippen molar-refractivity contribution in [2.75, 3.05) is 0 Å². The quantitative estimate of drug-likeness (QED) is 0.542. The molecule has 0 aliphatic rings. The van der Waals surface area contributed by atoms with E-state index in [2.05, 4.69) is 33.9 Å². The molecule has 0 saturated carbocycles. The summed E-state index contributed by atoms with van der Waals surface area (Å²) in [5.74, 6) is 0. The first-order valence-electron chi connectivity index (χ1n) is 3.36. The molecule has 8 heavy (non-hydrogen) atoms. The topological polar surface area (TPSA) is 20.2 Å². The van der Waals surface area contributed by atoms with Crippen LogP contribution in [0.5, 0.6) is 0 Å². The van der Waals surface area contributed by atoms with Crippen LogP contribution in [-0.2, 0) is 0 Å². The Balaban J connectivity index is 4.14. The molecular formula is C6H16OSi. The smallest absolute Gasteiger partial charge is 0.193 e. The number of hydrogen-bond donors (Lipinski definition) is 1. The molecular weight excluding hydrogens is 116 g/mol. The van der Waals surface area contributed by atoms with Gasteiger partial charge in [-0.05, 0) is 18.1 Å². The van der Waals surface area contributed by atoms with Crippen molar-refractivity contribution in [2.24, 2.45) is 0 Å². The van der Waals surface area contributed by atoms with Crippen molar-refractivity contribution in [1.82, 2.24) is 0 Å². The van der Waals surface area contributed by atoms with Gasteiger partial charge in [0.05, 0.1) is 0 Å². The Morgan fingerprint density at radius 2 is 1.75 bits per heavy atom. The summed E-state index contributed by atoms with van der Waals surface area (Å²) in [4.78, 5) is 4.69. The second-order valence-corrected chi connectivity index (χ2v) is 8.28. The summed E-state index contributed by atoms with van der Waals surface area (Å²) in [6.45, 7) is 10.5. The predicted molar refractivity (Wildman–Crippen MR) is 39.4 cm³/mol. The first-order valence-corrected chi connectivity index (χ1v) is 5.86. The molecule has 0 aromatic heterocycles. The molecule has 0 aliphatic heterocycles. The molecule has 0 saturated heterocycles. The van der Waals surface area contributed by atoms with Crippen LogP contribution >= 0.6 is 0 Å². The van der Waals surface area contributed by atoms with Gasteiger partial charge >= 0.3 is 0 Å². The fraction of sp³-hybridized carbons (Fsp3) is 1.00. The zero-order valence-electron chi connectivity index (χ0n) is 7.41. The SMILES string of the molecule is [2H]O[Si](C)(C)C(C)(C)C. The van der Waals surface area contributed by atoms with Crippen molar-refractivity contribution < 1.29 is 4.80 Å². The first-order chi connectivity index (χ1) is 3.81. The lowest BCUT2D eigenvalue weighted by atomic mass is 10.2. The molecule has 0 spiro atoms. The maximum atomic E-state index is 6.82. The summed E-state index contributed by atoms with van der Waals surface area (Å²) >= 11 is 0. The zero-order chi connectivity index (χ0) is 7.71. The van der Waals surface area contributed by atoms with Crippen molar-refractivity contribution in [3.63, 3.8) is 0 Å². The highest BCUT2D eigenvalue weighted by Crippen LogP contribution is 2.33. The van der Waals surface area contributed by atoms with Crippen LogP contribution in [0.25, 0.3) is 0 Å². The van der Waals surface area contributed by atoms with E-state index in [0.717, 1.165) is 0 Å². The van der Waals surface area contributed by atoms with Crippen molar-refractivity contribution >= 4 is 8.32 Å². The minimum absolute atomic E-state index is 0.175. The summed E-state index contributed by atoms with van der Waals surface area (Å²) < 4.78 is 6.82. The minimum Gasteiger partial charge on any atom is -0.432 e. The van der Waals surface area contributed by atoms with Crippen LogP contribution in [0, 0.1) is 0 Å². The molecule has 1 nitrogen and oxygen atoms in total. The van der Waals surface area contributed by atoms with E-state index in [1.165, 1.54) is 0 Å². The average molecular weight is 133 g/mol. The molecule has 0 aromatic rings. The molecule has 50 valence electrons. The lowest BCUT2D eigenvalue weighted by Gasteiger charge is -2.30. The van der Waals surface area contributed by atoms with Crippen LogP contribution in [0.1, 0.15) is 20.8 Å². The van der Waals surface area contributed by atoms with Gasteiger partial charge in [0.25, 0.3) is 0 Å². The molecule has 2 heteroatoms. The first kappa shape index (κ1) is 6.30. The third-order valence-corrected chi connectivity index (χ3v) is 5.42. The standard InChI is InChI=1S/C6H16OSi/c1-6(2,3)8(4,5)7/h7H,1-5H3/i7D. The Kier molecular flexibility index (Phi) is 1.45. The fourth-order valence-corrected chi connectivity index (χ4v) is 0. The Hall–Kier alpha value is 0.177. The van der Waals surface area contributed by atoms with Crippen LogP contribution in [0.15, 0.2) is 0 Å². The largest absolute Gasteiger partial charge is 0.432 e. The van der Waals surface area contributed by atoms with Gasteiger partial charge in [0.1, 0.15) is 0 Å². The highest BCUT2D eigenvalue weighted by atomic mass is 28.4. The van der Waals surface area contributed by atoms with E-state index in [-0.39, 0.29) is 5.04 Å².